The van der Waals surface area contributed by atoms with Crippen molar-refractivity contribution in [3.8, 4) is 0 Å². The van der Waals surface area contributed by atoms with Crippen molar-refractivity contribution in [1.82, 2.24) is 4.98 Å². The zero-order valence-electron chi connectivity index (χ0n) is 9.89. The van der Waals surface area contributed by atoms with Crippen LogP contribution in [0.2, 0.25) is 0 Å². The largest absolute Gasteiger partial charge is 0.330 e. The molecule has 2 rings (SSSR count). The fourth-order valence-electron chi connectivity index (χ4n) is 1.69. The SMILES string of the molecule is CC(CN)C(=O)Cc1ccc2ccccc2n1. The Morgan fingerprint density at radius 2 is 2.06 bits per heavy atom. The summed E-state index contributed by atoms with van der Waals surface area (Å²) in [6, 6.07) is 11.8. The zero-order valence-corrected chi connectivity index (χ0v) is 9.89. The Kier molecular flexibility index (Phi) is 3.49. The first kappa shape index (κ1) is 11.7. The number of aromatic nitrogens is 1. The standard InChI is InChI=1S/C14H16N2O/c1-10(9-15)14(17)8-12-7-6-11-4-2-3-5-13(11)16-12/h2-7,10H,8-9,15H2,1H3. The highest BCUT2D eigenvalue weighted by Crippen LogP contribution is 2.13. The molecular formula is C14H16N2O. The van der Waals surface area contributed by atoms with Crippen LogP contribution in [0, 0.1) is 5.92 Å². The van der Waals surface area contributed by atoms with Crippen molar-refractivity contribution >= 4 is 16.7 Å². The van der Waals surface area contributed by atoms with E-state index in [0.717, 1.165) is 16.6 Å². The first-order valence-electron chi connectivity index (χ1n) is 5.78. The van der Waals surface area contributed by atoms with Crippen molar-refractivity contribution in [3.63, 3.8) is 0 Å². The molecule has 0 aliphatic rings. The predicted molar refractivity (Wildman–Crippen MR) is 68.7 cm³/mol. The van der Waals surface area contributed by atoms with Crippen LogP contribution < -0.4 is 5.73 Å². The molecule has 1 heterocycles. The summed E-state index contributed by atoms with van der Waals surface area (Å²) in [5.74, 6) is 0.0542. The topological polar surface area (TPSA) is 56.0 Å². The first-order chi connectivity index (χ1) is 8.20. The van der Waals surface area contributed by atoms with Crippen LogP contribution in [0.5, 0.6) is 0 Å². The van der Waals surface area contributed by atoms with Gasteiger partial charge in [0.1, 0.15) is 5.78 Å². The first-order valence-corrected chi connectivity index (χ1v) is 5.78. The lowest BCUT2D eigenvalue weighted by atomic mass is 10.0. The predicted octanol–water partition coefficient (Wildman–Crippen LogP) is 1.94. The number of nitrogens with zero attached hydrogens (tertiary/aromatic N) is 1. The summed E-state index contributed by atoms with van der Waals surface area (Å²) in [5.41, 5.74) is 7.22. The third kappa shape index (κ3) is 2.68. The third-order valence-corrected chi connectivity index (χ3v) is 2.91. The Morgan fingerprint density at radius 3 is 2.82 bits per heavy atom. The number of rotatable bonds is 4. The number of carbonyl (C=O) groups is 1. The van der Waals surface area contributed by atoms with Crippen molar-refractivity contribution in [3.05, 3.63) is 42.1 Å². The minimum atomic E-state index is -0.0942. The van der Waals surface area contributed by atoms with Crippen molar-refractivity contribution in [1.29, 1.82) is 0 Å². The van der Waals surface area contributed by atoms with E-state index >= 15 is 0 Å². The molecule has 1 aromatic carbocycles. The van der Waals surface area contributed by atoms with Crippen molar-refractivity contribution in [2.45, 2.75) is 13.3 Å². The maximum Gasteiger partial charge on any atom is 0.142 e. The van der Waals surface area contributed by atoms with Gasteiger partial charge in [-0.05, 0) is 12.1 Å². The molecule has 0 fully saturated rings. The van der Waals surface area contributed by atoms with Gasteiger partial charge in [-0.2, -0.15) is 0 Å². The molecule has 0 amide bonds. The van der Waals surface area contributed by atoms with E-state index in [-0.39, 0.29) is 11.7 Å². The maximum atomic E-state index is 11.8. The van der Waals surface area contributed by atoms with E-state index < -0.39 is 0 Å². The van der Waals surface area contributed by atoms with Crippen LogP contribution >= 0.6 is 0 Å². The van der Waals surface area contributed by atoms with Gasteiger partial charge in [-0.25, -0.2) is 0 Å². The fourth-order valence-corrected chi connectivity index (χ4v) is 1.69. The van der Waals surface area contributed by atoms with E-state index in [9.17, 15) is 4.79 Å². The summed E-state index contributed by atoms with van der Waals surface area (Å²) in [4.78, 5) is 16.2. The summed E-state index contributed by atoms with van der Waals surface area (Å²) >= 11 is 0. The number of ketones is 1. The Balaban J connectivity index is 2.22. The van der Waals surface area contributed by atoms with E-state index in [0.29, 0.717) is 13.0 Å². The molecule has 3 nitrogen and oxygen atoms in total. The van der Waals surface area contributed by atoms with Crippen LogP contribution in [-0.4, -0.2) is 17.3 Å². The molecule has 0 aliphatic carbocycles. The van der Waals surface area contributed by atoms with E-state index in [1.807, 2.05) is 43.3 Å². The van der Waals surface area contributed by atoms with Crippen LogP contribution in [0.3, 0.4) is 0 Å². The smallest absolute Gasteiger partial charge is 0.142 e. The molecule has 0 saturated carbocycles. The van der Waals surface area contributed by atoms with Gasteiger partial charge in [-0.15, -0.1) is 0 Å². The third-order valence-electron chi connectivity index (χ3n) is 2.91. The minimum Gasteiger partial charge on any atom is -0.330 e. The van der Waals surface area contributed by atoms with Gasteiger partial charge >= 0.3 is 0 Å². The molecule has 2 N–H and O–H groups in total. The van der Waals surface area contributed by atoms with Gasteiger partial charge in [0.25, 0.3) is 0 Å². The summed E-state index contributed by atoms with van der Waals surface area (Å²) < 4.78 is 0. The molecule has 0 spiro atoms. The highest BCUT2D eigenvalue weighted by Gasteiger charge is 2.12. The molecule has 0 bridgehead atoms. The van der Waals surface area contributed by atoms with Gasteiger partial charge in [-0.3, -0.25) is 9.78 Å². The van der Waals surface area contributed by atoms with E-state index in [2.05, 4.69) is 4.98 Å². The lowest BCUT2D eigenvalue weighted by Gasteiger charge is -2.07. The van der Waals surface area contributed by atoms with Crippen molar-refractivity contribution < 1.29 is 4.79 Å². The second-order valence-corrected chi connectivity index (χ2v) is 4.28. The molecule has 0 aliphatic heterocycles. The van der Waals surface area contributed by atoms with Crippen LogP contribution in [0.15, 0.2) is 36.4 Å². The lowest BCUT2D eigenvalue weighted by Crippen LogP contribution is -2.22. The van der Waals surface area contributed by atoms with E-state index in [1.165, 1.54) is 0 Å². The van der Waals surface area contributed by atoms with E-state index in [4.69, 9.17) is 5.73 Å². The van der Waals surface area contributed by atoms with Gasteiger partial charge in [0.15, 0.2) is 0 Å². The highest BCUT2D eigenvalue weighted by atomic mass is 16.1. The number of hydrogen-bond acceptors (Lipinski definition) is 3. The summed E-state index contributed by atoms with van der Waals surface area (Å²) in [5, 5.41) is 1.09. The summed E-state index contributed by atoms with van der Waals surface area (Å²) in [7, 11) is 0. The normalized spacial score (nSPS) is 12.6. The van der Waals surface area contributed by atoms with Crippen LogP contribution in [0.1, 0.15) is 12.6 Å². The maximum absolute atomic E-state index is 11.8. The average Bonchev–Trinajstić information content (AvgIpc) is 2.37. The molecule has 1 atom stereocenters. The number of carbonyl (C=O) groups excluding carboxylic acids is 1. The summed E-state index contributed by atoms with van der Waals surface area (Å²) in [6.45, 7) is 2.25. The van der Waals surface area contributed by atoms with Gasteiger partial charge in [-0.1, -0.05) is 31.2 Å². The average molecular weight is 228 g/mol. The number of fused-ring (bicyclic) bond motifs is 1. The molecular weight excluding hydrogens is 212 g/mol. The number of hydrogen-bond donors (Lipinski definition) is 1. The van der Waals surface area contributed by atoms with Crippen molar-refractivity contribution in [2.75, 3.05) is 6.54 Å². The van der Waals surface area contributed by atoms with Gasteiger partial charge in [0.2, 0.25) is 0 Å². The van der Waals surface area contributed by atoms with E-state index in [1.54, 1.807) is 0 Å². The van der Waals surface area contributed by atoms with Gasteiger partial charge < -0.3 is 5.73 Å². The van der Waals surface area contributed by atoms with Gasteiger partial charge in [0.05, 0.1) is 5.52 Å². The number of nitrogens with two attached hydrogens (primary N) is 1. The second-order valence-electron chi connectivity index (χ2n) is 4.28. The molecule has 0 radical (unpaired) electrons. The second kappa shape index (κ2) is 5.06. The Bertz CT molecular complexity index is 536. The summed E-state index contributed by atoms with van der Waals surface area (Å²) in [6.07, 6.45) is 0.364. The minimum absolute atomic E-state index is 0.0942. The number of pyridine rings is 1. The highest BCUT2D eigenvalue weighted by molar-refractivity contribution is 5.84. The molecule has 0 saturated heterocycles. The molecule has 1 unspecified atom stereocenters. The zero-order chi connectivity index (χ0) is 12.3. The Hall–Kier alpha value is -1.74. The monoisotopic (exact) mass is 228 g/mol. The Morgan fingerprint density at radius 1 is 1.29 bits per heavy atom. The van der Waals surface area contributed by atoms with Crippen LogP contribution in [-0.2, 0) is 11.2 Å². The molecule has 1 aromatic heterocycles. The van der Waals surface area contributed by atoms with Crippen LogP contribution in [0.25, 0.3) is 10.9 Å². The molecule has 3 heteroatoms. The Labute approximate surface area is 101 Å². The molecule has 88 valence electrons. The van der Waals surface area contributed by atoms with Crippen LogP contribution in [0.4, 0.5) is 0 Å². The fraction of sp³-hybridized carbons (Fsp3) is 0.286. The lowest BCUT2D eigenvalue weighted by molar-refractivity contribution is -0.121. The number of Topliss-reactive ketones (excluding diaryl/α,β-unsaturated/α-hetero) is 1. The molecule has 2 aromatic rings. The number of benzene rings is 1. The number of para-hydroxylation sites is 1. The molecule has 17 heavy (non-hydrogen) atoms. The van der Waals surface area contributed by atoms with Gasteiger partial charge in [0, 0.05) is 30.0 Å². The quantitative estimate of drug-likeness (QED) is 0.870. The van der Waals surface area contributed by atoms with Crippen molar-refractivity contribution in [2.24, 2.45) is 11.7 Å².